The van der Waals surface area contributed by atoms with Crippen molar-refractivity contribution in [2.24, 2.45) is 11.8 Å². The van der Waals surface area contributed by atoms with Crippen molar-refractivity contribution in [3.8, 4) is 0 Å². The van der Waals surface area contributed by atoms with Crippen LogP contribution in [0.3, 0.4) is 0 Å². The van der Waals surface area contributed by atoms with E-state index >= 15 is 0 Å². The highest BCUT2D eigenvalue weighted by atomic mass is 16.5. The number of hydrogen-bond donors (Lipinski definition) is 1. The molecule has 2 rings (SSSR count). The van der Waals surface area contributed by atoms with Gasteiger partial charge in [0.1, 0.15) is 0 Å². The molecule has 0 radical (unpaired) electrons. The second kappa shape index (κ2) is 8.50. The molecule has 3 atom stereocenters. The summed E-state index contributed by atoms with van der Waals surface area (Å²) in [4.78, 5) is 2.78. The molecule has 3 nitrogen and oxygen atoms in total. The van der Waals surface area contributed by atoms with Crippen molar-refractivity contribution in [1.29, 1.82) is 0 Å². The number of piperazine rings is 1. The Morgan fingerprint density at radius 2 is 1.86 bits per heavy atom. The summed E-state index contributed by atoms with van der Waals surface area (Å²) in [5, 5.41) is 3.89. The Bertz CT molecular complexity index is 289. The standard InChI is InChI=1S/C18H36N2O/c1-14(2)18-12-19-17(16-8-6-5-7-9-16)13-20(18)15(3)10-11-21-4/h14-19H,5-13H2,1-4H3. The molecule has 1 aliphatic heterocycles. The molecule has 1 saturated heterocycles. The molecule has 0 spiro atoms. The average Bonchev–Trinajstić information content (AvgIpc) is 2.52. The van der Waals surface area contributed by atoms with Crippen LogP contribution in [-0.2, 0) is 4.74 Å². The van der Waals surface area contributed by atoms with E-state index in [0.29, 0.717) is 18.1 Å². The van der Waals surface area contributed by atoms with Gasteiger partial charge in [0.15, 0.2) is 0 Å². The third kappa shape index (κ3) is 4.67. The summed E-state index contributed by atoms with van der Waals surface area (Å²) in [6, 6.07) is 2.02. The summed E-state index contributed by atoms with van der Waals surface area (Å²) in [7, 11) is 1.81. The smallest absolute Gasteiger partial charge is 0.0477 e. The van der Waals surface area contributed by atoms with E-state index < -0.39 is 0 Å². The van der Waals surface area contributed by atoms with E-state index in [0.717, 1.165) is 31.4 Å². The first kappa shape index (κ1) is 17.2. The van der Waals surface area contributed by atoms with Crippen LogP contribution >= 0.6 is 0 Å². The minimum absolute atomic E-state index is 0.630. The summed E-state index contributed by atoms with van der Waals surface area (Å²) in [5.41, 5.74) is 0. The van der Waals surface area contributed by atoms with E-state index in [1.165, 1.54) is 38.6 Å². The van der Waals surface area contributed by atoms with Gasteiger partial charge in [0.05, 0.1) is 0 Å². The SMILES string of the molecule is COCCC(C)N1CC(C2CCCCC2)NCC1C(C)C. The van der Waals surface area contributed by atoms with Crippen molar-refractivity contribution < 1.29 is 4.74 Å². The van der Waals surface area contributed by atoms with Gasteiger partial charge in [-0.1, -0.05) is 33.1 Å². The second-order valence-corrected chi connectivity index (χ2v) is 7.55. The predicted molar refractivity (Wildman–Crippen MR) is 89.7 cm³/mol. The zero-order valence-corrected chi connectivity index (χ0v) is 14.6. The highest BCUT2D eigenvalue weighted by molar-refractivity contribution is 4.93. The fraction of sp³-hybridized carbons (Fsp3) is 1.00. The van der Waals surface area contributed by atoms with E-state index in [2.05, 4.69) is 31.0 Å². The maximum atomic E-state index is 5.30. The van der Waals surface area contributed by atoms with Gasteiger partial charge in [-0.2, -0.15) is 0 Å². The summed E-state index contributed by atoms with van der Waals surface area (Å²) in [5.74, 6) is 1.62. The Kier molecular flexibility index (Phi) is 6.97. The van der Waals surface area contributed by atoms with Gasteiger partial charge in [-0.15, -0.1) is 0 Å². The average molecular weight is 296 g/mol. The van der Waals surface area contributed by atoms with Gasteiger partial charge in [-0.25, -0.2) is 0 Å². The first-order valence-electron chi connectivity index (χ1n) is 9.11. The molecule has 0 aromatic carbocycles. The monoisotopic (exact) mass is 296 g/mol. The van der Waals surface area contributed by atoms with Crippen LogP contribution in [0.25, 0.3) is 0 Å². The fourth-order valence-corrected chi connectivity index (χ4v) is 4.25. The van der Waals surface area contributed by atoms with Crippen molar-refractivity contribution in [2.75, 3.05) is 26.8 Å². The number of methoxy groups -OCH3 is 1. The lowest BCUT2D eigenvalue weighted by Crippen LogP contribution is -2.62. The van der Waals surface area contributed by atoms with Crippen molar-refractivity contribution >= 4 is 0 Å². The quantitative estimate of drug-likeness (QED) is 0.814. The Hall–Kier alpha value is -0.120. The summed E-state index contributed by atoms with van der Waals surface area (Å²) >= 11 is 0. The van der Waals surface area contributed by atoms with Gasteiger partial charge < -0.3 is 10.1 Å². The Balaban J connectivity index is 1.97. The molecule has 0 bridgehead atoms. The molecule has 0 amide bonds. The number of nitrogens with zero attached hydrogens (tertiary/aromatic N) is 1. The van der Waals surface area contributed by atoms with Crippen LogP contribution in [0.1, 0.15) is 59.3 Å². The van der Waals surface area contributed by atoms with Gasteiger partial charge >= 0.3 is 0 Å². The van der Waals surface area contributed by atoms with E-state index in [1.54, 1.807) is 0 Å². The molecular formula is C18H36N2O. The zero-order valence-electron chi connectivity index (χ0n) is 14.6. The molecular weight excluding hydrogens is 260 g/mol. The molecule has 1 aliphatic carbocycles. The molecule has 0 aromatic rings. The molecule has 2 fully saturated rings. The molecule has 21 heavy (non-hydrogen) atoms. The largest absolute Gasteiger partial charge is 0.385 e. The van der Waals surface area contributed by atoms with Crippen molar-refractivity contribution in [2.45, 2.75) is 77.4 Å². The van der Waals surface area contributed by atoms with Crippen LogP contribution < -0.4 is 5.32 Å². The predicted octanol–water partition coefficient (Wildman–Crippen LogP) is 3.29. The molecule has 1 saturated carbocycles. The third-order valence-electron chi connectivity index (χ3n) is 5.72. The highest BCUT2D eigenvalue weighted by Gasteiger charge is 2.35. The molecule has 0 aromatic heterocycles. The maximum absolute atomic E-state index is 5.30. The minimum atomic E-state index is 0.630. The Morgan fingerprint density at radius 1 is 1.14 bits per heavy atom. The van der Waals surface area contributed by atoms with Crippen LogP contribution in [0.2, 0.25) is 0 Å². The first-order chi connectivity index (χ1) is 10.1. The van der Waals surface area contributed by atoms with E-state index in [4.69, 9.17) is 4.74 Å². The van der Waals surface area contributed by atoms with Crippen LogP contribution in [-0.4, -0.2) is 49.8 Å². The zero-order chi connectivity index (χ0) is 15.2. The van der Waals surface area contributed by atoms with Crippen molar-refractivity contribution in [3.05, 3.63) is 0 Å². The second-order valence-electron chi connectivity index (χ2n) is 7.55. The molecule has 3 unspecified atom stereocenters. The van der Waals surface area contributed by atoms with E-state index in [-0.39, 0.29) is 0 Å². The molecule has 3 heteroatoms. The van der Waals surface area contributed by atoms with Gasteiger partial charge in [0.25, 0.3) is 0 Å². The molecule has 1 N–H and O–H groups in total. The summed E-state index contributed by atoms with van der Waals surface area (Å²) in [6.45, 7) is 10.4. The van der Waals surface area contributed by atoms with Crippen LogP contribution in [0.5, 0.6) is 0 Å². The molecule has 2 aliphatic rings. The lowest BCUT2D eigenvalue weighted by atomic mass is 9.81. The van der Waals surface area contributed by atoms with Crippen molar-refractivity contribution in [1.82, 2.24) is 10.2 Å². The van der Waals surface area contributed by atoms with Gasteiger partial charge in [0, 0.05) is 44.9 Å². The van der Waals surface area contributed by atoms with Crippen LogP contribution in [0.15, 0.2) is 0 Å². The Morgan fingerprint density at radius 3 is 2.48 bits per heavy atom. The molecule has 1 heterocycles. The molecule has 124 valence electrons. The lowest BCUT2D eigenvalue weighted by molar-refractivity contribution is 0.0302. The number of hydrogen-bond acceptors (Lipinski definition) is 3. The fourth-order valence-electron chi connectivity index (χ4n) is 4.25. The van der Waals surface area contributed by atoms with E-state index in [1.807, 2.05) is 7.11 Å². The lowest BCUT2D eigenvalue weighted by Gasteiger charge is -2.48. The first-order valence-corrected chi connectivity index (χ1v) is 9.11. The van der Waals surface area contributed by atoms with Gasteiger partial charge in [-0.3, -0.25) is 4.90 Å². The third-order valence-corrected chi connectivity index (χ3v) is 5.72. The Labute approximate surface area is 131 Å². The summed E-state index contributed by atoms with van der Waals surface area (Å²) < 4.78 is 5.30. The van der Waals surface area contributed by atoms with Crippen LogP contribution in [0.4, 0.5) is 0 Å². The number of ether oxygens (including phenoxy) is 1. The van der Waals surface area contributed by atoms with E-state index in [9.17, 15) is 0 Å². The van der Waals surface area contributed by atoms with Crippen molar-refractivity contribution in [3.63, 3.8) is 0 Å². The van der Waals surface area contributed by atoms with Gasteiger partial charge in [-0.05, 0) is 38.0 Å². The highest BCUT2D eigenvalue weighted by Crippen LogP contribution is 2.30. The van der Waals surface area contributed by atoms with Gasteiger partial charge in [0.2, 0.25) is 0 Å². The maximum Gasteiger partial charge on any atom is 0.0477 e. The number of rotatable bonds is 6. The normalized spacial score (nSPS) is 30.7. The minimum Gasteiger partial charge on any atom is -0.385 e. The number of nitrogens with one attached hydrogen (secondary N) is 1. The van der Waals surface area contributed by atoms with Crippen LogP contribution in [0, 0.1) is 11.8 Å². The topological polar surface area (TPSA) is 24.5 Å². The summed E-state index contributed by atoms with van der Waals surface area (Å²) in [6.07, 6.45) is 8.35.